The number of carbonyl (C=O) groups excluding carboxylic acids is 1. The van der Waals surface area contributed by atoms with Gasteiger partial charge in [0, 0.05) is 18.0 Å². The van der Waals surface area contributed by atoms with Gasteiger partial charge in [-0.15, -0.1) is 12.4 Å². The summed E-state index contributed by atoms with van der Waals surface area (Å²) in [6.07, 6.45) is 4.29. The molecule has 0 saturated carbocycles. The molecule has 2 saturated heterocycles. The van der Waals surface area contributed by atoms with Crippen LogP contribution < -0.4 is 10.6 Å². The van der Waals surface area contributed by atoms with Gasteiger partial charge in [0.25, 0.3) is 0 Å². The van der Waals surface area contributed by atoms with E-state index in [2.05, 4.69) is 17.6 Å². The Labute approximate surface area is 114 Å². The van der Waals surface area contributed by atoms with Crippen molar-refractivity contribution in [1.82, 2.24) is 10.6 Å². The van der Waals surface area contributed by atoms with Gasteiger partial charge in [0.15, 0.2) is 0 Å². The molecule has 2 heterocycles. The Hall–Kier alpha value is 0.0700. The Morgan fingerprint density at radius 1 is 1.29 bits per heavy atom. The normalized spacial score (nSPS) is 30.4. The highest BCUT2D eigenvalue weighted by Crippen LogP contribution is 2.20. The fraction of sp³-hybridized carbons (Fsp3) is 0.917. The lowest BCUT2D eigenvalue weighted by atomic mass is 9.92. The zero-order valence-electron chi connectivity index (χ0n) is 10.4. The van der Waals surface area contributed by atoms with Crippen LogP contribution in [0.2, 0.25) is 0 Å². The molecule has 0 bridgehead atoms. The maximum Gasteiger partial charge on any atom is 0.223 e. The highest BCUT2D eigenvalue weighted by Gasteiger charge is 2.26. The van der Waals surface area contributed by atoms with E-state index in [9.17, 15) is 4.79 Å². The van der Waals surface area contributed by atoms with E-state index in [4.69, 9.17) is 0 Å². The lowest BCUT2D eigenvalue weighted by Crippen LogP contribution is -2.46. The molecular weight excluding hydrogens is 256 g/mol. The summed E-state index contributed by atoms with van der Waals surface area (Å²) >= 11 is 2.00. The molecule has 1 amide bonds. The number of hydrogen-bond acceptors (Lipinski definition) is 3. The van der Waals surface area contributed by atoms with Crippen molar-refractivity contribution in [2.75, 3.05) is 18.1 Å². The molecular formula is C12H23ClN2OS. The van der Waals surface area contributed by atoms with Gasteiger partial charge in [-0.05, 0) is 50.7 Å². The van der Waals surface area contributed by atoms with Gasteiger partial charge in [-0.1, -0.05) is 0 Å². The van der Waals surface area contributed by atoms with Crippen molar-refractivity contribution in [1.29, 1.82) is 0 Å². The molecule has 0 radical (unpaired) electrons. The van der Waals surface area contributed by atoms with E-state index in [0.717, 1.165) is 32.2 Å². The van der Waals surface area contributed by atoms with Crippen molar-refractivity contribution in [3.63, 3.8) is 0 Å². The summed E-state index contributed by atoms with van der Waals surface area (Å²) in [5.74, 6) is 2.94. The first-order valence-corrected chi connectivity index (χ1v) is 7.52. The third-order valence-electron chi connectivity index (χ3n) is 3.56. The van der Waals surface area contributed by atoms with Crippen molar-refractivity contribution in [3.8, 4) is 0 Å². The monoisotopic (exact) mass is 278 g/mol. The van der Waals surface area contributed by atoms with Crippen LogP contribution in [-0.4, -0.2) is 36.0 Å². The highest BCUT2D eigenvalue weighted by molar-refractivity contribution is 7.99. The van der Waals surface area contributed by atoms with E-state index in [1.165, 1.54) is 11.5 Å². The number of piperidine rings is 1. The quantitative estimate of drug-likeness (QED) is 0.809. The summed E-state index contributed by atoms with van der Waals surface area (Å²) in [4.78, 5) is 12.1. The SMILES string of the molecule is C[C@H]1C[C@@H](C(=O)NC2CCSCC2)CCN1.Cl. The van der Waals surface area contributed by atoms with Gasteiger partial charge in [0.1, 0.15) is 0 Å². The standard InChI is InChI=1S/C12H22N2OS.ClH/c1-9-8-10(2-5-13-9)12(15)14-11-3-6-16-7-4-11;/h9-11,13H,2-8H2,1H3,(H,14,15);1H/t9-,10-;/m0./s1. The molecule has 2 N–H and O–H groups in total. The number of rotatable bonds is 2. The minimum Gasteiger partial charge on any atom is -0.353 e. The van der Waals surface area contributed by atoms with Gasteiger partial charge in [-0.2, -0.15) is 11.8 Å². The average Bonchev–Trinajstić information content (AvgIpc) is 2.30. The van der Waals surface area contributed by atoms with Gasteiger partial charge in [-0.25, -0.2) is 0 Å². The lowest BCUT2D eigenvalue weighted by molar-refractivity contribution is -0.126. The van der Waals surface area contributed by atoms with Crippen molar-refractivity contribution < 1.29 is 4.79 Å². The summed E-state index contributed by atoms with van der Waals surface area (Å²) in [7, 11) is 0. The summed E-state index contributed by atoms with van der Waals surface area (Å²) in [6, 6.07) is 0.936. The molecule has 2 rings (SSSR count). The third kappa shape index (κ3) is 4.68. The van der Waals surface area contributed by atoms with Crippen LogP contribution in [-0.2, 0) is 4.79 Å². The van der Waals surface area contributed by atoms with E-state index in [1.54, 1.807) is 0 Å². The van der Waals surface area contributed by atoms with E-state index in [1.807, 2.05) is 11.8 Å². The van der Waals surface area contributed by atoms with Crippen LogP contribution in [0.5, 0.6) is 0 Å². The summed E-state index contributed by atoms with van der Waals surface area (Å²) < 4.78 is 0. The van der Waals surface area contributed by atoms with Crippen molar-refractivity contribution >= 4 is 30.1 Å². The van der Waals surface area contributed by atoms with Crippen LogP contribution in [0.4, 0.5) is 0 Å². The molecule has 0 aromatic rings. The van der Waals surface area contributed by atoms with Crippen LogP contribution in [0.1, 0.15) is 32.6 Å². The number of thioether (sulfide) groups is 1. The second kappa shape index (κ2) is 7.49. The lowest BCUT2D eigenvalue weighted by Gasteiger charge is -2.30. The second-order valence-corrected chi connectivity index (χ2v) is 6.20. The largest absolute Gasteiger partial charge is 0.353 e. The van der Waals surface area contributed by atoms with Crippen molar-refractivity contribution in [2.45, 2.75) is 44.7 Å². The molecule has 0 aromatic heterocycles. The fourth-order valence-electron chi connectivity index (χ4n) is 2.53. The number of hydrogen-bond donors (Lipinski definition) is 2. The first kappa shape index (κ1) is 15.1. The van der Waals surface area contributed by atoms with Gasteiger partial charge in [0.2, 0.25) is 5.91 Å². The molecule has 2 aliphatic rings. The second-order valence-electron chi connectivity index (χ2n) is 4.97. The summed E-state index contributed by atoms with van der Waals surface area (Å²) in [5, 5.41) is 6.62. The molecule has 2 fully saturated rings. The molecule has 0 aromatic carbocycles. The maximum atomic E-state index is 12.1. The average molecular weight is 279 g/mol. The van der Waals surface area contributed by atoms with Gasteiger partial charge in [0.05, 0.1) is 0 Å². The Kier molecular flexibility index (Phi) is 6.67. The molecule has 5 heteroatoms. The predicted molar refractivity (Wildman–Crippen MR) is 75.9 cm³/mol. The van der Waals surface area contributed by atoms with Crippen LogP contribution in [0.25, 0.3) is 0 Å². The number of halogens is 1. The summed E-state index contributed by atoms with van der Waals surface area (Å²) in [5.41, 5.74) is 0. The predicted octanol–water partition coefficient (Wildman–Crippen LogP) is 1.81. The number of amides is 1. The molecule has 2 aliphatic heterocycles. The van der Waals surface area contributed by atoms with Gasteiger partial charge in [-0.3, -0.25) is 4.79 Å². The zero-order chi connectivity index (χ0) is 11.4. The number of nitrogens with one attached hydrogen (secondary N) is 2. The van der Waals surface area contributed by atoms with E-state index >= 15 is 0 Å². The van der Waals surface area contributed by atoms with Gasteiger partial charge < -0.3 is 10.6 Å². The highest BCUT2D eigenvalue weighted by atomic mass is 35.5. The van der Waals surface area contributed by atoms with E-state index < -0.39 is 0 Å². The molecule has 0 unspecified atom stereocenters. The smallest absolute Gasteiger partial charge is 0.223 e. The topological polar surface area (TPSA) is 41.1 Å². The third-order valence-corrected chi connectivity index (χ3v) is 4.61. The molecule has 3 nitrogen and oxygen atoms in total. The van der Waals surface area contributed by atoms with Crippen molar-refractivity contribution in [2.24, 2.45) is 5.92 Å². The fourth-order valence-corrected chi connectivity index (χ4v) is 3.64. The maximum absolute atomic E-state index is 12.1. The van der Waals surface area contributed by atoms with Gasteiger partial charge >= 0.3 is 0 Å². The Balaban J connectivity index is 0.00000144. The Morgan fingerprint density at radius 2 is 2.00 bits per heavy atom. The van der Waals surface area contributed by atoms with E-state index in [-0.39, 0.29) is 18.3 Å². The van der Waals surface area contributed by atoms with Crippen molar-refractivity contribution in [3.05, 3.63) is 0 Å². The zero-order valence-corrected chi connectivity index (χ0v) is 12.0. The molecule has 2 atom stereocenters. The number of carbonyl (C=O) groups is 1. The molecule has 0 spiro atoms. The van der Waals surface area contributed by atoms with Crippen LogP contribution >= 0.6 is 24.2 Å². The van der Waals surface area contributed by atoms with Crippen LogP contribution in [0.15, 0.2) is 0 Å². The molecule has 100 valence electrons. The van der Waals surface area contributed by atoms with Crippen LogP contribution in [0, 0.1) is 5.92 Å². The summed E-state index contributed by atoms with van der Waals surface area (Å²) in [6.45, 7) is 3.15. The molecule has 17 heavy (non-hydrogen) atoms. The Bertz CT molecular complexity index is 247. The first-order valence-electron chi connectivity index (χ1n) is 6.37. The molecule has 0 aliphatic carbocycles. The van der Waals surface area contributed by atoms with E-state index in [0.29, 0.717) is 18.0 Å². The minimum absolute atomic E-state index is 0. The van der Waals surface area contributed by atoms with Crippen LogP contribution in [0.3, 0.4) is 0 Å². The first-order chi connectivity index (χ1) is 7.75. The Morgan fingerprint density at radius 3 is 2.65 bits per heavy atom. The minimum atomic E-state index is 0.